The lowest BCUT2D eigenvalue weighted by Gasteiger charge is -2.03. The van der Waals surface area contributed by atoms with Crippen molar-refractivity contribution in [2.24, 2.45) is 0 Å². The number of carbonyl (C=O) groups is 1. The number of rotatable bonds is 5. The third-order valence-electron chi connectivity index (χ3n) is 4.08. The average molecular weight is 448 g/mol. The maximum absolute atomic E-state index is 12.5. The van der Waals surface area contributed by atoms with Crippen molar-refractivity contribution in [2.75, 3.05) is 5.32 Å². The third kappa shape index (κ3) is 4.45. The van der Waals surface area contributed by atoms with Crippen molar-refractivity contribution >= 4 is 46.5 Å². The molecule has 0 saturated heterocycles. The second-order valence-electron chi connectivity index (χ2n) is 6.17. The van der Waals surface area contributed by atoms with Gasteiger partial charge in [-0.3, -0.25) is 9.48 Å². The van der Waals surface area contributed by atoms with E-state index in [9.17, 15) is 4.79 Å². The lowest BCUT2D eigenvalue weighted by Crippen LogP contribution is -2.13. The van der Waals surface area contributed by atoms with E-state index in [1.54, 1.807) is 29.1 Å². The van der Waals surface area contributed by atoms with Crippen LogP contribution in [0.5, 0.6) is 0 Å². The quantitative estimate of drug-likeness (QED) is 0.420. The Morgan fingerprint density at radius 3 is 2.55 bits per heavy atom. The number of amides is 1. The summed E-state index contributed by atoms with van der Waals surface area (Å²) in [6.07, 6.45) is 1.61. The fourth-order valence-corrected chi connectivity index (χ4v) is 3.20. The topological polar surface area (TPSA) is 73.0 Å². The summed E-state index contributed by atoms with van der Waals surface area (Å²) in [6, 6.07) is 16.2. The molecule has 0 spiro atoms. The van der Waals surface area contributed by atoms with Gasteiger partial charge in [0.1, 0.15) is 5.02 Å². The van der Waals surface area contributed by atoms with Crippen molar-refractivity contribution in [3.63, 3.8) is 0 Å². The molecule has 0 radical (unpaired) electrons. The van der Waals surface area contributed by atoms with Gasteiger partial charge in [-0.25, -0.2) is 0 Å². The summed E-state index contributed by atoms with van der Waals surface area (Å²) in [7, 11) is 0. The number of hydrogen-bond donors (Lipinski definition) is 1. The van der Waals surface area contributed by atoms with Crippen molar-refractivity contribution in [1.29, 1.82) is 0 Å². The average Bonchev–Trinajstić information content (AvgIpc) is 3.33. The molecule has 0 aliphatic rings. The number of anilines is 1. The standard InChI is InChI=1S/C20H13Cl3N4O2/c21-14-7-6-12(8-15(14)22)10-27-11-16(23)19(25-27)24-20(28)17-9-18(29-26-17)13-4-2-1-3-5-13/h1-9,11H,10H2,(H,24,25,28). The van der Waals surface area contributed by atoms with Crippen LogP contribution in [0.1, 0.15) is 16.1 Å². The number of hydrogen-bond acceptors (Lipinski definition) is 4. The third-order valence-corrected chi connectivity index (χ3v) is 5.09. The summed E-state index contributed by atoms with van der Waals surface area (Å²) in [5, 5.41) is 12.0. The Balaban J connectivity index is 1.48. The number of benzene rings is 2. The molecular weight excluding hydrogens is 435 g/mol. The van der Waals surface area contributed by atoms with E-state index in [1.807, 2.05) is 36.4 Å². The van der Waals surface area contributed by atoms with Crippen LogP contribution < -0.4 is 5.32 Å². The highest BCUT2D eigenvalue weighted by molar-refractivity contribution is 6.42. The van der Waals surface area contributed by atoms with Crippen LogP contribution in [0.2, 0.25) is 15.1 Å². The Hall–Kier alpha value is -2.80. The van der Waals surface area contributed by atoms with E-state index in [4.69, 9.17) is 39.3 Å². The molecule has 2 heterocycles. The summed E-state index contributed by atoms with van der Waals surface area (Å²) >= 11 is 18.2. The maximum atomic E-state index is 12.5. The molecule has 6 nitrogen and oxygen atoms in total. The van der Waals surface area contributed by atoms with Gasteiger partial charge < -0.3 is 9.84 Å². The zero-order valence-electron chi connectivity index (χ0n) is 14.8. The normalized spacial score (nSPS) is 10.9. The van der Waals surface area contributed by atoms with Crippen LogP contribution in [0.15, 0.2) is 65.3 Å². The van der Waals surface area contributed by atoms with Gasteiger partial charge in [-0.2, -0.15) is 5.10 Å². The Labute approximate surface area is 181 Å². The summed E-state index contributed by atoms with van der Waals surface area (Å²) in [5.74, 6) is 0.241. The molecule has 29 heavy (non-hydrogen) atoms. The first-order valence-electron chi connectivity index (χ1n) is 8.50. The second kappa shape index (κ2) is 8.29. The molecule has 9 heteroatoms. The van der Waals surface area contributed by atoms with E-state index in [2.05, 4.69) is 15.6 Å². The van der Waals surface area contributed by atoms with Crippen LogP contribution in [0.4, 0.5) is 5.82 Å². The number of nitrogens with zero attached hydrogens (tertiary/aromatic N) is 3. The second-order valence-corrected chi connectivity index (χ2v) is 7.39. The van der Waals surface area contributed by atoms with Crippen LogP contribution >= 0.6 is 34.8 Å². The molecule has 0 saturated carbocycles. The van der Waals surface area contributed by atoms with Crippen molar-refractivity contribution in [3.8, 4) is 11.3 Å². The number of nitrogens with one attached hydrogen (secondary N) is 1. The van der Waals surface area contributed by atoms with Gasteiger partial charge in [0.05, 0.1) is 16.6 Å². The largest absolute Gasteiger partial charge is 0.355 e. The lowest BCUT2D eigenvalue weighted by molar-refractivity contribution is 0.101. The van der Waals surface area contributed by atoms with E-state index in [0.29, 0.717) is 27.4 Å². The van der Waals surface area contributed by atoms with E-state index in [0.717, 1.165) is 11.1 Å². The first-order chi connectivity index (χ1) is 14.0. The van der Waals surface area contributed by atoms with E-state index >= 15 is 0 Å². The van der Waals surface area contributed by atoms with E-state index < -0.39 is 5.91 Å². The fourth-order valence-electron chi connectivity index (χ4n) is 2.68. The number of halogens is 3. The summed E-state index contributed by atoms with van der Waals surface area (Å²) in [4.78, 5) is 12.5. The van der Waals surface area contributed by atoms with Crippen LogP contribution in [-0.2, 0) is 6.54 Å². The van der Waals surface area contributed by atoms with Gasteiger partial charge in [-0.1, -0.05) is 76.4 Å². The molecule has 0 atom stereocenters. The minimum Gasteiger partial charge on any atom is -0.355 e. The summed E-state index contributed by atoms with van der Waals surface area (Å²) < 4.78 is 6.85. The minimum atomic E-state index is -0.474. The van der Waals surface area contributed by atoms with Crippen LogP contribution in [0.3, 0.4) is 0 Å². The van der Waals surface area contributed by atoms with Crippen LogP contribution in [0, 0.1) is 0 Å². The summed E-state index contributed by atoms with van der Waals surface area (Å²) in [6.45, 7) is 0.411. The van der Waals surface area contributed by atoms with Crippen molar-refractivity contribution < 1.29 is 9.32 Å². The highest BCUT2D eigenvalue weighted by atomic mass is 35.5. The maximum Gasteiger partial charge on any atom is 0.279 e. The SMILES string of the molecule is O=C(Nc1nn(Cc2ccc(Cl)c(Cl)c2)cc1Cl)c1cc(-c2ccccc2)on1. The summed E-state index contributed by atoms with van der Waals surface area (Å²) in [5.41, 5.74) is 1.84. The predicted molar refractivity (Wildman–Crippen MR) is 113 cm³/mol. The first kappa shape index (κ1) is 19.5. The highest BCUT2D eigenvalue weighted by Crippen LogP contribution is 2.25. The zero-order chi connectivity index (χ0) is 20.4. The molecule has 1 amide bonds. The van der Waals surface area contributed by atoms with E-state index in [-0.39, 0.29) is 11.5 Å². The molecule has 2 aromatic heterocycles. The van der Waals surface area contributed by atoms with Crippen molar-refractivity contribution in [1.82, 2.24) is 14.9 Å². The predicted octanol–water partition coefficient (Wildman–Crippen LogP) is 5.80. The first-order valence-corrected chi connectivity index (χ1v) is 9.63. The van der Waals surface area contributed by atoms with Gasteiger partial charge >= 0.3 is 0 Å². The molecule has 1 N–H and O–H groups in total. The molecule has 146 valence electrons. The Bertz CT molecular complexity index is 1170. The minimum absolute atomic E-state index is 0.124. The molecule has 0 bridgehead atoms. The van der Waals surface area contributed by atoms with Gasteiger partial charge in [0, 0.05) is 17.8 Å². The Morgan fingerprint density at radius 2 is 1.79 bits per heavy atom. The van der Waals surface area contributed by atoms with Gasteiger partial charge in [-0.15, -0.1) is 0 Å². The lowest BCUT2D eigenvalue weighted by atomic mass is 10.1. The highest BCUT2D eigenvalue weighted by Gasteiger charge is 2.17. The monoisotopic (exact) mass is 446 g/mol. The number of aromatic nitrogens is 3. The van der Waals surface area contributed by atoms with Gasteiger partial charge in [-0.05, 0) is 17.7 Å². The van der Waals surface area contributed by atoms with Crippen molar-refractivity contribution in [3.05, 3.63) is 87.1 Å². The molecule has 0 aliphatic carbocycles. The van der Waals surface area contributed by atoms with Crippen molar-refractivity contribution in [2.45, 2.75) is 6.54 Å². The smallest absolute Gasteiger partial charge is 0.279 e. The van der Waals surface area contributed by atoms with Crippen LogP contribution in [0.25, 0.3) is 11.3 Å². The fraction of sp³-hybridized carbons (Fsp3) is 0.0500. The van der Waals surface area contributed by atoms with Gasteiger partial charge in [0.15, 0.2) is 17.3 Å². The number of carbonyl (C=O) groups excluding carboxylic acids is 1. The Morgan fingerprint density at radius 1 is 1.00 bits per heavy atom. The van der Waals surface area contributed by atoms with Gasteiger partial charge in [0.25, 0.3) is 5.91 Å². The molecule has 0 unspecified atom stereocenters. The molecule has 0 aliphatic heterocycles. The van der Waals surface area contributed by atoms with E-state index in [1.165, 1.54) is 0 Å². The van der Waals surface area contributed by atoms with Crippen LogP contribution in [-0.4, -0.2) is 20.8 Å². The Kier molecular flexibility index (Phi) is 5.58. The molecule has 4 rings (SSSR count). The molecule has 4 aromatic rings. The van der Waals surface area contributed by atoms with Gasteiger partial charge in [0.2, 0.25) is 0 Å². The molecule has 0 fully saturated rings. The molecular formula is C20H13Cl3N4O2. The molecule has 2 aromatic carbocycles. The zero-order valence-corrected chi connectivity index (χ0v) is 17.0.